The second-order valence-electron chi connectivity index (χ2n) is 7.14. The van der Waals surface area contributed by atoms with Crippen molar-refractivity contribution in [2.24, 2.45) is 7.05 Å². The molecule has 2 aromatic carbocycles. The fourth-order valence-corrected chi connectivity index (χ4v) is 3.85. The van der Waals surface area contributed by atoms with Crippen LogP contribution in [0.15, 0.2) is 85.0 Å². The van der Waals surface area contributed by atoms with Gasteiger partial charge in [-0.3, -0.25) is 4.84 Å². The number of benzene rings is 2. The third-order valence-corrected chi connectivity index (χ3v) is 5.23. The predicted octanol–water partition coefficient (Wildman–Crippen LogP) is 3.73. The highest BCUT2D eigenvalue weighted by Crippen LogP contribution is 2.47. The van der Waals surface area contributed by atoms with Crippen LogP contribution in [-0.4, -0.2) is 29.5 Å². The number of aliphatic hydroxyl groups is 1. The van der Waals surface area contributed by atoms with Crippen molar-refractivity contribution in [3.05, 3.63) is 106 Å². The van der Waals surface area contributed by atoms with Crippen molar-refractivity contribution in [2.75, 3.05) is 0 Å². The molecule has 0 amide bonds. The van der Waals surface area contributed by atoms with Crippen LogP contribution in [-0.2, 0) is 11.9 Å². The number of rotatable bonds is 5. The molecule has 5 rings (SSSR count). The second-order valence-corrected chi connectivity index (χ2v) is 7.14. The highest BCUT2D eigenvalue weighted by molar-refractivity contribution is 5.69. The van der Waals surface area contributed by atoms with Crippen LogP contribution in [0.5, 0.6) is 5.88 Å². The lowest BCUT2D eigenvalue weighted by Crippen LogP contribution is -2.21. The minimum atomic E-state index is -0.967. The molecular weight excluding hydrogens is 414 g/mol. The van der Waals surface area contributed by atoms with Gasteiger partial charge in [-0.1, -0.05) is 42.5 Å². The van der Waals surface area contributed by atoms with Crippen LogP contribution in [0.3, 0.4) is 0 Å². The lowest BCUT2D eigenvalue weighted by Gasteiger charge is -2.25. The van der Waals surface area contributed by atoms with Gasteiger partial charge in [0, 0.05) is 30.7 Å². The monoisotopic (exact) mass is 431 g/mol. The summed E-state index contributed by atoms with van der Waals surface area (Å²) in [6.07, 6.45) is 5.15. The standard InChI is InChI=1S/C22H17N5O5/c1-25-21-18(19(24-25)15-5-3-2-4-6-15)17(20(22(28)31-21)32-27(29)30)14-7-9-16(10-8-14)26-12-11-23-13-26/h2-13,17,28H,1H3. The summed E-state index contributed by atoms with van der Waals surface area (Å²) in [5.74, 6) is -1.53. The van der Waals surface area contributed by atoms with Crippen LogP contribution in [0.1, 0.15) is 17.0 Å². The first-order chi connectivity index (χ1) is 15.5. The molecule has 0 aliphatic carbocycles. The lowest BCUT2D eigenvalue weighted by molar-refractivity contribution is -0.744. The van der Waals surface area contributed by atoms with Gasteiger partial charge in [0.15, 0.2) is 5.76 Å². The van der Waals surface area contributed by atoms with Gasteiger partial charge in [0.1, 0.15) is 5.69 Å². The van der Waals surface area contributed by atoms with Gasteiger partial charge >= 0.3 is 5.95 Å². The molecule has 1 aliphatic heterocycles. The third kappa shape index (κ3) is 3.23. The Morgan fingerprint density at radius 1 is 1.16 bits per heavy atom. The van der Waals surface area contributed by atoms with E-state index in [1.807, 2.05) is 65.4 Å². The maximum Gasteiger partial charge on any atom is 0.311 e. The highest BCUT2D eigenvalue weighted by Gasteiger charge is 2.39. The van der Waals surface area contributed by atoms with E-state index in [0.29, 0.717) is 16.8 Å². The number of hydrogen-bond donors (Lipinski definition) is 1. The van der Waals surface area contributed by atoms with Gasteiger partial charge < -0.3 is 14.4 Å². The van der Waals surface area contributed by atoms with Gasteiger partial charge in [0.05, 0.1) is 17.8 Å². The van der Waals surface area contributed by atoms with Crippen molar-refractivity contribution in [1.29, 1.82) is 0 Å². The topological polar surface area (TPSA) is 117 Å². The fourth-order valence-electron chi connectivity index (χ4n) is 3.85. The molecule has 1 unspecified atom stereocenters. The summed E-state index contributed by atoms with van der Waals surface area (Å²) >= 11 is 0. The molecule has 0 spiro atoms. The summed E-state index contributed by atoms with van der Waals surface area (Å²) in [4.78, 5) is 20.1. The molecule has 10 nitrogen and oxygen atoms in total. The third-order valence-electron chi connectivity index (χ3n) is 5.23. The Hall–Kier alpha value is -4.60. The SMILES string of the molecule is Cn1nc(-c2ccccc2)c2c1OC(O)=C(O[N+](=O)[O-])C2c1ccc(-n2ccnc2)cc1. The maximum absolute atomic E-state index is 11.2. The minimum absolute atomic E-state index is 0.278. The molecule has 1 aliphatic rings. The van der Waals surface area contributed by atoms with Crippen molar-refractivity contribution >= 4 is 0 Å². The van der Waals surface area contributed by atoms with Gasteiger partial charge in [0.2, 0.25) is 5.88 Å². The molecular formula is C22H17N5O5. The summed E-state index contributed by atoms with van der Waals surface area (Å²) in [6, 6.07) is 16.7. The van der Waals surface area contributed by atoms with Gasteiger partial charge in [-0.15, -0.1) is 10.1 Å². The Balaban J connectivity index is 1.69. The highest BCUT2D eigenvalue weighted by atomic mass is 17.0. The van der Waals surface area contributed by atoms with E-state index >= 15 is 0 Å². The van der Waals surface area contributed by atoms with Crippen LogP contribution in [0.2, 0.25) is 0 Å². The van der Waals surface area contributed by atoms with E-state index < -0.39 is 16.9 Å². The quantitative estimate of drug-likeness (QED) is 0.378. The molecule has 2 aromatic heterocycles. The average molecular weight is 431 g/mol. The average Bonchev–Trinajstić information content (AvgIpc) is 3.44. The number of fused-ring (bicyclic) bond motifs is 1. The molecule has 10 heteroatoms. The van der Waals surface area contributed by atoms with E-state index in [9.17, 15) is 15.2 Å². The smallest absolute Gasteiger partial charge is 0.311 e. The summed E-state index contributed by atoms with van der Waals surface area (Å²) in [5, 5.41) is 25.3. The van der Waals surface area contributed by atoms with Gasteiger partial charge in [-0.2, -0.15) is 5.10 Å². The first-order valence-electron chi connectivity index (χ1n) is 9.67. The molecule has 0 fully saturated rings. The zero-order chi connectivity index (χ0) is 22.2. The van der Waals surface area contributed by atoms with Gasteiger partial charge in [-0.05, 0) is 17.7 Å². The molecule has 4 aromatic rings. The lowest BCUT2D eigenvalue weighted by atomic mass is 9.87. The van der Waals surface area contributed by atoms with Crippen LogP contribution in [0.25, 0.3) is 16.9 Å². The van der Waals surface area contributed by atoms with E-state index in [1.54, 1.807) is 19.6 Å². The van der Waals surface area contributed by atoms with E-state index in [-0.39, 0.29) is 11.6 Å². The number of aromatic nitrogens is 4. The number of hydrogen-bond acceptors (Lipinski definition) is 7. The molecule has 1 N–H and O–H groups in total. The minimum Gasteiger partial charge on any atom is -0.479 e. The molecule has 0 saturated carbocycles. The fraction of sp³-hybridized carbons (Fsp3) is 0.0909. The summed E-state index contributed by atoms with van der Waals surface area (Å²) < 4.78 is 8.83. The normalized spacial score (nSPS) is 15.2. The Labute approximate surface area is 181 Å². The van der Waals surface area contributed by atoms with Gasteiger partial charge in [-0.25, -0.2) is 9.67 Å². The molecule has 0 bridgehead atoms. The number of aliphatic hydroxyl groups excluding tert-OH is 1. The first kappa shape index (κ1) is 19.4. The van der Waals surface area contributed by atoms with Crippen molar-refractivity contribution in [2.45, 2.75) is 5.92 Å². The number of allylic oxidation sites excluding steroid dienone is 1. The largest absolute Gasteiger partial charge is 0.479 e. The molecule has 1 atom stereocenters. The van der Waals surface area contributed by atoms with Crippen LogP contribution < -0.4 is 4.74 Å². The molecule has 32 heavy (non-hydrogen) atoms. The van der Waals surface area contributed by atoms with Crippen LogP contribution in [0.4, 0.5) is 0 Å². The van der Waals surface area contributed by atoms with Crippen LogP contribution in [0, 0.1) is 10.1 Å². The summed E-state index contributed by atoms with van der Waals surface area (Å²) in [7, 11) is 1.68. The first-order valence-corrected chi connectivity index (χ1v) is 9.67. The number of nitrogens with zero attached hydrogens (tertiary/aromatic N) is 5. The number of ether oxygens (including phenoxy) is 1. The summed E-state index contributed by atoms with van der Waals surface area (Å²) in [6.45, 7) is 0. The van der Waals surface area contributed by atoms with Crippen molar-refractivity contribution in [1.82, 2.24) is 19.3 Å². The van der Waals surface area contributed by atoms with E-state index in [1.165, 1.54) is 4.68 Å². The Morgan fingerprint density at radius 3 is 2.56 bits per heavy atom. The summed E-state index contributed by atoms with van der Waals surface area (Å²) in [5.41, 5.74) is 3.45. The van der Waals surface area contributed by atoms with E-state index in [2.05, 4.69) is 10.1 Å². The molecule has 160 valence electrons. The van der Waals surface area contributed by atoms with Crippen molar-refractivity contribution in [3.63, 3.8) is 0 Å². The Morgan fingerprint density at radius 2 is 1.91 bits per heavy atom. The van der Waals surface area contributed by atoms with Crippen molar-refractivity contribution < 1.29 is 19.8 Å². The zero-order valence-corrected chi connectivity index (χ0v) is 16.8. The van der Waals surface area contributed by atoms with E-state index in [4.69, 9.17) is 9.57 Å². The Bertz CT molecular complexity index is 1310. The molecule has 0 radical (unpaired) electrons. The van der Waals surface area contributed by atoms with E-state index in [0.717, 1.165) is 11.3 Å². The van der Waals surface area contributed by atoms with Crippen molar-refractivity contribution in [3.8, 4) is 22.8 Å². The second kappa shape index (κ2) is 7.58. The maximum atomic E-state index is 11.2. The Kier molecular flexibility index (Phi) is 4.59. The molecule has 3 heterocycles. The zero-order valence-electron chi connectivity index (χ0n) is 16.8. The number of aryl methyl sites for hydroxylation is 1. The predicted molar refractivity (Wildman–Crippen MR) is 112 cm³/mol. The molecule has 0 saturated heterocycles. The van der Waals surface area contributed by atoms with Crippen LogP contribution >= 0.6 is 0 Å². The number of imidazole rings is 1. The van der Waals surface area contributed by atoms with Gasteiger partial charge in [0.25, 0.3) is 5.09 Å².